The fourth-order valence-corrected chi connectivity index (χ4v) is 2.10. The van der Waals surface area contributed by atoms with Gasteiger partial charge in [0.15, 0.2) is 5.82 Å². The molecule has 2 N–H and O–H groups in total. The van der Waals surface area contributed by atoms with E-state index in [9.17, 15) is 4.39 Å². The lowest BCUT2D eigenvalue weighted by atomic mass is 10.1. The smallest absolute Gasteiger partial charge is 0.163 e. The van der Waals surface area contributed by atoms with Crippen LogP contribution in [0.4, 0.5) is 10.2 Å². The Morgan fingerprint density at radius 3 is 2.61 bits per heavy atom. The van der Waals surface area contributed by atoms with Gasteiger partial charge in [-0.2, -0.15) is 0 Å². The van der Waals surface area contributed by atoms with Crippen LogP contribution in [0.5, 0.6) is 0 Å². The lowest BCUT2D eigenvalue weighted by molar-refractivity contribution is 0.628. The van der Waals surface area contributed by atoms with Crippen molar-refractivity contribution >= 4 is 17.4 Å². The summed E-state index contributed by atoms with van der Waals surface area (Å²) >= 11 is 5.98. The highest BCUT2D eigenvalue weighted by Crippen LogP contribution is 2.27. The van der Waals surface area contributed by atoms with Crippen LogP contribution in [0.25, 0.3) is 11.4 Å². The number of aryl methyl sites for hydroxylation is 1. The van der Waals surface area contributed by atoms with Crippen LogP contribution in [0.2, 0.25) is 5.02 Å². The molecule has 1 aromatic carbocycles. The summed E-state index contributed by atoms with van der Waals surface area (Å²) in [5.41, 5.74) is 8.21. The van der Waals surface area contributed by atoms with Crippen molar-refractivity contribution in [2.45, 2.75) is 20.3 Å². The SMILES string of the molecule is CCc1c(C)nc(-c2ccc(F)cc2Cl)nc1N. The van der Waals surface area contributed by atoms with Crippen LogP contribution in [0.1, 0.15) is 18.2 Å². The zero-order chi connectivity index (χ0) is 13.3. The summed E-state index contributed by atoms with van der Waals surface area (Å²) in [4.78, 5) is 8.59. The van der Waals surface area contributed by atoms with Gasteiger partial charge in [0, 0.05) is 16.8 Å². The normalized spacial score (nSPS) is 10.7. The van der Waals surface area contributed by atoms with Crippen molar-refractivity contribution in [3.63, 3.8) is 0 Å². The maximum Gasteiger partial charge on any atom is 0.163 e. The van der Waals surface area contributed by atoms with Crippen LogP contribution in [-0.4, -0.2) is 9.97 Å². The second-order valence-electron chi connectivity index (χ2n) is 3.97. The molecule has 0 fully saturated rings. The van der Waals surface area contributed by atoms with Crippen molar-refractivity contribution in [3.05, 3.63) is 40.3 Å². The fourth-order valence-electron chi connectivity index (χ4n) is 1.85. The number of rotatable bonds is 2. The minimum atomic E-state index is -0.390. The van der Waals surface area contributed by atoms with Gasteiger partial charge in [0.2, 0.25) is 0 Å². The van der Waals surface area contributed by atoms with E-state index >= 15 is 0 Å². The first kappa shape index (κ1) is 12.8. The Hall–Kier alpha value is -1.68. The monoisotopic (exact) mass is 265 g/mol. The van der Waals surface area contributed by atoms with Crippen molar-refractivity contribution < 1.29 is 4.39 Å². The summed E-state index contributed by atoms with van der Waals surface area (Å²) < 4.78 is 13.0. The maximum absolute atomic E-state index is 13.0. The highest BCUT2D eigenvalue weighted by molar-refractivity contribution is 6.33. The topological polar surface area (TPSA) is 51.8 Å². The molecule has 0 bridgehead atoms. The predicted octanol–water partition coefficient (Wildman–Crippen LogP) is 3.39. The molecule has 0 atom stereocenters. The standard InChI is InChI=1S/C13H13ClFN3/c1-3-9-7(2)17-13(18-12(9)16)10-5-4-8(15)6-11(10)14/h4-6H,3H2,1-2H3,(H2,16,17,18). The molecule has 2 aromatic rings. The summed E-state index contributed by atoms with van der Waals surface area (Å²) in [5, 5.41) is 0.276. The van der Waals surface area contributed by atoms with E-state index in [1.54, 1.807) is 6.07 Å². The molecule has 1 aromatic heterocycles. The average Bonchev–Trinajstić information content (AvgIpc) is 2.28. The second kappa shape index (κ2) is 4.90. The first-order chi connectivity index (χ1) is 8.52. The van der Waals surface area contributed by atoms with Crippen LogP contribution in [0, 0.1) is 12.7 Å². The van der Waals surface area contributed by atoms with E-state index in [1.165, 1.54) is 12.1 Å². The maximum atomic E-state index is 13.0. The zero-order valence-corrected chi connectivity index (χ0v) is 10.9. The van der Waals surface area contributed by atoms with Crippen LogP contribution >= 0.6 is 11.6 Å². The minimum absolute atomic E-state index is 0.276. The van der Waals surface area contributed by atoms with Gasteiger partial charge in [0.25, 0.3) is 0 Å². The van der Waals surface area contributed by atoms with Crippen LogP contribution in [0.15, 0.2) is 18.2 Å². The van der Waals surface area contributed by atoms with E-state index in [-0.39, 0.29) is 5.02 Å². The largest absolute Gasteiger partial charge is 0.383 e. The number of nitrogen functional groups attached to an aromatic ring is 1. The lowest BCUT2D eigenvalue weighted by Crippen LogP contribution is -2.04. The molecule has 0 unspecified atom stereocenters. The first-order valence-corrected chi connectivity index (χ1v) is 5.99. The highest BCUT2D eigenvalue weighted by atomic mass is 35.5. The van der Waals surface area contributed by atoms with Crippen LogP contribution in [0.3, 0.4) is 0 Å². The third-order valence-corrected chi connectivity index (χ3v) is 3.08. The van der Waals surface area contributed by atoms with Crippen molar-refractivity contribution in [2.24, 2.45) is 0 Å². The third kappa shape index (κ3) is 2.29. The minimum Gasteiger partial charge on any atom is -0.383 e. The molecule has 0 saturated carbocycles. The van der Waals surface area contributed by atoms with E-state index in [1.807, 2.05) is 13.8 Å². The number of benzene rings is 1. The second-order valence-corrected chi connectivity index (χ2v) is 4.38. The Kier molecular flexibility index (Phi) is 3.48. The fraction of sp³-hybridized carbons (Fsp3) is 0.231. The summed E-state index contributed by atoms with van der Waals surface area (Å²) in [6.45, 7) is 3.87. The molecule has 0 saturated heterocycles. The highest BCUT2D eigenvalue weighted by Gasteiger charge is 2.12. The molecule has 2 rings (SSSR count). The summed E-state index contributed by atoms with van der Waals surface area (Å²) in [7, 11) is 0. The molecule has 94 valence electrons. The van der Waals surface area contributed by atoms with Crippen molar-refractivity contribution in [3.8, 4) is 11.4 Å². The Bertz CT molecular complexity index is 576. The molecule has 18 heavy (non-hydrogen) atoms. The van der Waals surface area contributed by atoms with E-state index in [0.717, 1.165) is 17.7 Å². The molecule has 0 radical (unpaired) electrons. The first-order valence-electron chi connectivity index (χ1n) is 5.61. The van der Waals surface area contributed by atoms with E-state index in [0.29, 0.717) is 17.2 Å². The number of hydrogen-bond acceptors (Lipinski definition) is 3. The van der Waals surface area contributed by atoms with Crippen molar-refractivity contribution in [1.82, 2.24) is 9.97 Å². The zero-order valence-electron chi connectivity index (χ0n) is 10.2. The van der Waals surface area contributed by atoms with Crippen LogP contribution in [-0.2, 0) is 6.42 Å². The van der Waals surface area contributed by atoms with Crippen LogP contribution < -0.4 is 5.73 Å². The molecule has 0 aliphatic heterocycles. The van der Waals surface area contributed by atoms with Crippen molar-refractivity contribution in [1.29, 1.82) is 0 Å². The van der Waals surface area contributed by atoms with Gasteiger partial charge in [-0.05, 0) is 31.5 Å². The molecule has 3 nitrogen and oxygen atoms in total. The Labute approximate surface area is 110 Å². The number of nitrogens with zero attached hydrogens (tertiary/aromatic N) is 2. The third-order valence-electron chi connectivity index (χ3n) is 2.77. The number of nitrogens with two attached hydrogens (primary N) is 1. The average molecular weight is 266 g/mol. The number of hydrogen-bond donors (Lipinski definition) is 1. The van der Waals surface area contributed by atoms with E-state index in [4.69, 9.17) is 17.3 Å². The number of anilines is 1. The summed E-state index contributed by atoms with van der Waals surface area (Å²) in [6, 6.07) is 4.11. The molecule has 1 heterocycles. The molecule has 5 heteroatoms. The molecular formula is C13H13ClFN3. The van der Waals surface area contributed by atoms with Gasteiger partial charge in [-0.3, -0.25) is 0 Å². The Morgan fingerprint density at radius 1 is 1.33 bits per heavy atom. The van der Waals surface area contributed by atoms with Gasteiger partial charge in [0.1, 0.15) is 11.6 Å². The van der Waals surface area contributed by atoms with Gasteiger partial charge in [-0.15, -0.1) is 0 Å². The van der Waals surface area contributed by atoms with Gasteiger partial charge in [-0.25, -0.2) is 14.4 Å². The molecule has 0 amide bonds. The van der Waals surface area contributed by atoms with Gasteiger partial charge in [-0.1, -0.05) is 18.5 Å². The van der Waals surface area contributed by atoms with Gasteiger partial charge < -0.3 is 5.73 Å². The molecule has 0 aliphatic carbocycles. The van der Waals surface area contributed by atoms with E-state index in [2.05, 4.69) is 9.97 Å². The Morgan fingerprint density at radius 2 is 2.06 bits per heavy atom. The van der Waals surface area contributed by atoms with Gasteiger partial charge >= 0.3 is 0 Å². The summed E-state index contributed by atoms with van der Waals surface area (Å²) in [5.74, 6) is 0.478. The quantitative estimate of drug-likeness (QED) is 0.906. The van der Waals surface area contributed by atoms with Gasteiger partial charge in [0.05, 0.1) is 5.02 Å². The number of halogens is 2. The lowest BCUT2D eigenvalue weighted by Gasteiger charge is -2.09. The molecular weight excluding hydrogens is 253 g/mol. The summed E-state index contributed by atoms with van der Waals surface area (Å²) in [6.07, 6.45) is 0.773. The molecule has 0 aliphatic rings. The van der Waals surface area contributed by atoms with E-state index < -0.39 is 5.82 Å². The predicted molar refractivity (Wildman–Crippen MR) is 71.0 cm³/mol. The Balaban J connectivity index is 2.58. The number of aromatic nitrogens is 2. The molecule has 0 spiro atoms. The van der Waals surface area contributed by atoms with Crippen molar-refractivity contribution in [2.75, 3.05) is 5.73 Å².